The number of nitrogens with zero attached hydrogens (tertiary/aromatic N) is 1. The molecule has 1 amide bonds. The normalized spacial score (nSPS) is 10.1. The lowest BCUT2D eigenvalue weighted by Gasteiger charge is -2.04. The summed E-state index contributed by atoms with van der Waals surface area (Å²) in [5.41, 5.74) is 0.546. The van der Waals surface area contributed by atoms with Crippen LogP contribution in [-0.2, 0) is 0 Å². The number of phenolic OH excluding ortho intramolecular Hbond substituents is 1. The highest BCUT2D eigenvalue weighted by Crippen LogP contribution is 2.22. The number of halogens is 1. The molecule has 0 atom stereocenters. The van der Waals surface area contributed by atoms with Gasteiger partial charge in [0.1, 0.15) is 17.7 Å². The van der Waals surface area contributed by atoms with Gasteiger partial charge in [-0.25, -0.2) is 0 Å². The number of hydrogen-bond donors (Lipinski definition) is 2. The lowest BCUT2D eigenvalue weighted by molar-refractivity contribution is 0.102. The summed E-state index contributed by atoms with van der Waals surface area (Å²) < 4.78 is 4.55. The van der Waals surface area contributed by atoms with E-state index in [4.69, 9.17) is 11.6 Å². The van der Waals surface area contributed by atoms with Crippen molar-refractivity contribution < 1.29 is 14.4 Å². The Bertz CT molecular complexity index is 511. The third-order valence-electron chi connectivity index (χ3n) is 1.89. The number of nitrogens with one attached hydrogen (secondary N) is 1. The first-order valence-corrected chi connectivity index (χ1v) is 4.74. The smallest absolute Gasteiger partial charge is 0.259 e. The molecule has 2 N–H and O–H groups in total. The molecule has 82 valence electrons. The summed E-state index contributed by atoms with van der Waals surface area (Å²) in [7, 11) is 0. The molecule has 0 saturated carbocycles. The second-order valence-electron chi connectivity index (χ2n) is 3.03. The van der Waals surface area contributed by atoms with Crippen LogP contribution >= 0.6 is 11.6 Å². The number of phenols is 1. The molecule has 0 saturated heterocycles. The van der Waals surface area contributed by atoms with Gasteiger partial charge < -0.3 is 14.9 Å². The Balaban J connectivity index is 2.21. The van der Waals surface area contributed by atoms with E-state index in [9.17, 15) is 9.90 Å². The fraction of sp³-hybridized carbons (Fsp3) is 0. The fourth-order valence-corrected chi connectivity index (χ4v) is 1.33. The van der Waals surface area contributed by atoms with Crippen LogP contribution < -0.4 is 5.32 Å². The number of carbonyl (C=O) groups excluding carboxylic acids is 1. The van der Waals surface area contributed by atoms with E-state index in [0.29, 0.717) is 10.7 Å². The molecule has 0 fully saturated rings. The summed E-state index contributed by atoms with van der Waals surface area (Å²) in [6.45, 7) is 0. The van der Waals surface area contributed by atoms with Gasteiger partial charge in [-0.3, -0.25) is 4.79 Å². The average Bonchev–Trinajstić information content (AvgIpc) is 2.70. The summed E-state index contributed by atoms with van der Waals surface area (Å²) in [5.74, 6) is -0.640. The summed E-state index contributed by atoms with van der Waals surface area (Å²) in [4.78, 5) is 11.7. The topological polar surface area (TPSA) is 75.4 Å². The lowest BCUT2D eigenvalue weighted by Crippen LogP contribution is -2.11. The van der Waals surface area contributed by atoms with Crippen molar-refractivity contribution in [3.8, 4) is 5.75 Å². The van der Waals surface area contributed by atoms with E-state index in [1.807, 2.05) is 0 Å². The van der Waals surface area contributed by atoms with Crippen molar-refractivity contribution in [3.63, 3.8) is 0 Å². The van der Waals surface area contributed by atoms with Crippen LogP contribution in [0.5, 0.6) is 5.75 Å². The molecule has 0 aliphatic heterocycles. The maximum Gasteiger partial charge on any atom is 0.259 e. The minimum absolute atomic E-state index is 0.130. The predicted octanol–water partition coefficient (Wildman–Crippen LogP) is 2.29. The Labute approximate surface area is 95.6 Å². The van der Waals surface area contributed by atoms with Crippen molar-refractivity contribution in [1.29, 1.82) is 0 Å². The van der Waals surface area contributed by atoms with E-state index in [2.05, 4.69) is 15.0 Å². The van der Waals surface area contributed by atoms with E-state index < -0.39 is 5.91 Å². The van der Waals surface area contributed by atoms with Crippen LogP contribution in [0, 0.1) is 0 Å². The number of hydrogen-bond acceptors (Lipinski definition) is 4. The van der Waals surface area contributed by atoms with Gasteiger partial charge in [0, 0.05) is 5.02 Å². The quantitative estimate of drug-likeness (QED) is 0.842. The van der Waals surface area contributed by atoms with E-state index in [0.717, 1.165) is 0 Å². The van der Waals surface area contributed by atoms with Crippen molar-refractivity contribution in [2.75, 3.05) is 5.32 Å². The molecule has 16 heavy (non-hydrogen) atoms. The summed E-state index contributed by atoms with van der Waals surface area (Å²) in [6.07, 6.45) is 2.63. The van der Waals surface area contributed by atoms with Crippen molar-refractivity contribution >= 4 is 23.2 Å². The highest BCUT2D eigenvalue weighted by Gasteiger charge is 2.12. The van der Waals surface area contributed by atoms with Crippen LogP contribution in [0.3, 0.4) is 0 Å². The van der Waals surface area contributed by atoms with Crippen LogP contribution in [0.25, 0.3) is 0 Å². The molecular formula is C10H7ClN2O3. The van der Waals surface area contributed by atoms with Crippen LogP contribution in [0.1, 0.15) is 10.4 Å². The van der Waals surface area contributed by atoms with Gasteiger partial charge in [-0.1, -0.05) is 16.8 Å². The molecule has 0 radical (unpaired) electrons. The molecule has 1 heterocycles. The minimum atomic E-state index is -0.461. The van der Waals surface area contributed by atoms with Crippen molar-refractivity contribution in [2.45, 2.75) is 0 Å². The molecule has 0 spiro atoms. The zero-order valence-electron chi connectivity index (χ0n) is 7.98. The Kier molecular flexibility index (Phi) is 2.78. The first-order chi connectivity index (χ1) is 7.66. The first-order valence-electron chi connectivity index (χ1n) is 4.36. The zero-order chi connectivity index (χ0) is 11.5. The van der Waals surface area contributed by atoms with Crippen LogP contribution in [0.2, 0.25) is 5.02 Å². The monoisotopic (exact) mass is 238 g/mol. The first kappa shape index (κ1) is 10.5. The van der Waals surface area contributed by atoms with Crippen LogP contribution in [-0.4, -0.2) is 16.2 Å². The SMILES string of the molecule is O=C(Nc1cnoc1)c1ccc(Cl)cc1O. The number of anilines is 1. The number of rotatable bonds is 2. The Hall–Kier alpha value is -2.01. The van der Waals surface area contributed by atoms with E-state index in [1.54, 1.807) is 0 Å². The van der Waals surface area contributed by atoms with Crippen LogP contribution in [0.15, 0.2) is 35.2 Å². The van der Waals surface area contributed by atoms with E-state index >= 15 is 0 Å². The van der Waals surface area contributed by atoms with Gasteiger partial charge in [0.25, 0.3) is 5.91 Å². The van der Waals surface area contributed by atoms with E-state index in [-0.39, 0.29) is 11.3 Å². The Morgan fingerprint density at radius 3 is 2.94 bits per heavy atom. The molecule has 6 heteroatoms. The van der Waals surface area contributed by atoms with Crippen molar-refractivity contribution in [2.24, 2.45) is 0 Å². The van der Waals surface area contributed by atoms with Gasteiger partial charge >= 0.3 is 0 Å². The average molecular weight is 239 g/mol. The highest BCUT2D eigenvalue weighted by molar-refractivity contribution is 6.30. The lowest BCUT2D eigenvalue weighted by atomic mass is 10.2. The molecule has 2 rings (SSSR count). The van der Waals surface area contributed by atoms with Crippen LogP contribution in [0.4, 0.5) is 5.69 Å². The van der Waals surface area contributed by atoms with Gasteiger partial charge in [-0.15, -0.1) is 0 Å². The summed E-state index contributed by atoms with van der Waals surface area (Å²) in [6, 6.07) is 4.24. The second kappa shape index (κ2) is 4.24. The summed E-state index contributed by atoms with van der Waals surface area (Å²) >= 11 is 5.65. The van der Waals surface area contributed by atoms with Gasteiger partial charge in [-0.05, 0) is 18.2 Å². The highest BCUT2D eigenvalue weighted by atomic mass is 35.5. The zero-order valence-corrected chi connectivity index (χ0v) is 8.73. The maximum absolute atomic E-state index is 11.7. The molecule has 0 bridgehead atoms. The standard InChI is InChI=1S/C10H7ClN2O3/c11-6-1-2-8(9(14)3-6)10(15)13-7-4-12-16-5-7/h1-5,14H,(H,13,15). The molecule has 0 unspecified atom stereocenters. The Morgan fingerprint density at radius 1 is 1.50 bits per heavy atom. The molecular weight excluding hydrogens is 232 g/mol. The molecule has 2 aromatic rings. The predicted molar refractivity (Wildman–Crippen MR) is 57.6 cm³/mol. The van der Waals surface area contributed by atoms with Crippen molar-refractivity contribution in [1.82, 2.24) is 5.16 Å². The Morgan fingerprint density at radius 2 is 2.31 bits per heavy atom. The fourth-order valence-electron chi connectivity index (χ4n) is 1.16. The van der Waals surface area contributed by atoms with Gasteiger partial charge in [0.05, 0.1) is 11.8 Å². The van der Waals surface area contributed by atoms with Crippen molar-refractivity contribution in [3.05, 3.63) is 41.2 Å². The maximum atomic E-state index is 11.7. The molecule has 5 nitrogen and oxygen atoms in total. The molecule has 1 aromatic carbocycles. The second-order valence-corrected chi connectivity index (χ2v) is 3.47. The summed E-state index contributed by atoms with van der Waals surface area (Å²) in [5, 5.41) is 15.8. The number of aromatic nitrogens is 1. The number of benzene rings is 1. The van der Waals surface area contributed by atoms with Gasteiger partial charge in [-0.2, -0.15) is 0 Å². The largest absolute Gasteiger partial charge is 0.507 e. The molecule has 0 aliphatic rings. The molecule has 1 aromatic heterocycles. The van der Waals surface area contributed by atoms with Gasteiger partial charge in [0.15, 0.2) is 0 Å². The number of carbonyl (C=O) groups is 1. The third-order valence-corrected chi connectivity index (χ3v) is 2.13. The number of aromatic hydroxyl groups is 1. The van der Waals surface area contributed by atoms with E-state index in [1.165, 1.54) is 30.7 Å². The third kappa shape index (κ3) is 2.14. The van der Waals surface area contributed by atoms with Gasteiger partial charge in [0.2, 0.25) is 0 Å². The minimum Gasteiger partial charge on any atom is -0.507 e. The number of amides is 1. The molecule has 0 aliphatic carbocycles.